The van der Waals surface area contributed by atoms with Gasteiger partial charge in [0.1, 0.15) is 5.82 Å². The van der Waals surface area contributed by atoms with Crippen molar-refractivity contribution in [2.24, 2.45) is 0 Å². The standard InChI is InChI=1S/C18H13ClN2/c1-11-5-4-6-12-9-14(15(19)10-13(11)12)18-20-16-7-2-3-8-17(16)21-18/h2-10H,1H3,(H,20,21). The Morgan fingerprint density at radius 1 is 1.00 bits per heavy atom. The SMILES string of the molecule is Cc1cccc2cc(-c3nc4ccccc4[nH]3)c(Cl)cc12. The Balaban J connectivity index is 1.99. The number of rotatable bonds is 1. The molecule has 0 bridgehead atoms. The fourth-order valence-electron chi connectivity index (χ4n) is 2.72. The molecule has 0 atom stereocenters. The number of imidazole rings is 1. The van der Waals surface area contributed by atoms with Crippen LogP contribution in [0.4, 0.5) is 0 Å². The van der Waals surface area contributed by atoms with Gasteiger partial charge < -0.3 is 4.98 Å². The van der Waals surface area contributed by atoms with Crippen LogP contribution in [-0.4, -0.2) is 9.97 Å². The normalized spacial score (nSPS) is 11.3. The molecule has 1 N–H and O–H groups in total. The van der Waals surface area contributed by atoms with Gasteiger partial charge >= 0.3 is 0 Å². The van der Waals surface area contributed by atoms with Crippen molar-refractivity contribution < 1.29 is 0 Å². The Bertz CT molecular complexity index is 936. The zero-order valence-corrected chi connectivity index (χ0v) is 12.3. The van der Waals surface area contributed by atoms with Crippen molar-refractivity contribution >= 4 is 33.4 Å². The summed E-state index contributed by atoms with van der Waals surface area (Å²) in [6.45, 7) is 2.10. The quantitative estimate of drug-likeness (QED) is 0.503. The maximum atomic E-state index is 6.48. The fraction of sp³-hybridized carbons (Fsp3) is 0.0556. The summed E-state index contributed by atoms with van der Waals surface area (Å²) < 4.78 is 0. The highest BCUT2D eigenvalue weighted by molar-refractivity contribution is 6.34. The Kier molecular flexibility index (Phi) is 2.72. The number of aromatic amines is 1. The fourth-order valence-corrected chi connectivity index (χ4v) is 2.97. The molecule has 4 rings (SSSR count). The second-order valence-electron chi connectivity index (χ2n) is 5.23. The molecule has 2 nitrogen and oxygen atoms in total. The van der Waals surface area contributed by atoms with E-state index in [1.165, 1.54) is 16.3 Å². The number of halogens is 1. The zero-order chi connectivity index (χ0) is 14.4. The van der Waals surface area contributed by atoms with Crippen molar-refractivity contribution in [3.63, 3.8) is 0 Å². The van der Waals surface area contributed by atoms with Crippen LogP contribution in [0.25, 0.3) is 33.2 Å². The second-order valence-corrected chi connectivity index (χ2v) is 5.64. The highest BCUT2D eigenvalue weighted by Gasteiger charge is 2.11. The van der Waals surface area contributed by atoms with Gasteiger partial charge in [-0.3, -0.25) is 0 Å². The number of benzene rings is 3. The molecule has 1 heterocycles. The van der Waals surface area contributed by atoms with Crippen molar-refractivity contribution in [2.75, 3.05) is 0 Å². The highest BCUT2D eigenvalue weighted by Crippen LogP contribution is 2.32. The average Bonchev–Trinajstić information content (AvgIpc) is 2.91. The number of hydrogen-bond donors (Lipinski definition) is 1. The van der Waals surface area contributed by atoms with E-state index in [1.807, 2.05) is 30.3 Å². The van der Waals surface area contributed by atoms with Crippen LogP contribution in [0.2, 0.25) is 5.02 Å². The van der Waals surface area contributed by atoms with Crippen molar-refractivity contribution in [3.05, 3.63) is 65.2 Å². The van der Waals surface area contributed by atoms with E-state index in [1.54, 1.807) is 0 Å². The van der Waals surface area contributed by atoms with E-state index in [2.05, 4.69) is 41.2 Å². The average molecular weight is 293 g/mol. The number of para-hydroxylation sites is 2. The van der Waals surface area contributed by atoms with E-state index in [-0.39, 0.29) is 0 Å². The summed E-state index contributed by atoms with van der Waals surface area (Å²) in [7, 11) is 0. The third kappa shape index (κ3) is 1.99. The van der Waals surface area contributed by atoms with Crippen LogP contribution in [-0.2, 0) is 0 Å². The van der Waals surface area contributed by atoms with Crippen molar-refractivity contribution in [1.82, 2.24) is 9.97 Å². The minimum atomic E-state index is 0.718. The van der Waals surface area contributed by atoms with Gasteiger partial charge in [-0.15, -0.1) is 0 Å². The number of hydrogen-bond acceptors (Lipinski definition) is 1. The van der Waals surface area contributed by atoms with Gasteiger partial charge in [0, 0.05) is 5.56 Å². The van der Waals surface area contributed by atoms with Crippen LogP contribution >= 0.6 is 11.6 Å². The van der Waals surface area contributed by atoms with Crippen LogP contribution < -0.4 is 0 Å². The largest absolute Gasteiger partial charge is 0.338 e. The summed E-state index contributed by atoms with van der Waals surface area (Å²) >= 11 is 6.48. The first-order valence-corrected chi connectivity index (χ1v) is 7.24. The minimum absolute atomic E-state index is 0.718. The molecule has 0 radical (unpaired) electrons. The number of nitrogens with one attached hydrogen (secondary N) is 1. The molecule has 3 aromatic carbocycles. The summed E-state index contributed by atoms with van der Waals surface area (Å²) in [5.74, 6) is 0.810. The number of aryl methyl sites for hydroxylation is 1. The first kappa shape index (κ1) is 12.4. The summed E-state index contributed by atoms with van der Waals surface area (Å²) in [5, 5.41) is 3.08. The molecule has 3 heteroatoms. The van der Waals surface area contributed by atoms with E-state index in [0.717, 1.165) is 27.4 Å². The highest BCUT2D eigenvalue weighted by atomic mass is 35.5. The topological polar surface area (TPSA) is 28.7 Å². The number of aromatic nitrogens is 2. The number of fused-ring (bicyclic) bond motifs is 2. The molecule has 0 aliphatic carbocycles. The summed E-state index contributed by atoms with van der Waals surface area (Å²) in [6.07, 6.45) is 0. The predicted molar refractivity (Wildman–Crippen MR) is 88.8 cm³/mol. The van der Waals surface area contributed by atoms with Gasteiger partial charge in [0.25, 0.3) is 0 Å². The summed E-state index contributed by atoms with van der Waals surface area (Å²) in [5.41, 5.74) is 4.14. The van der Waals surface area contributed by atoms with E-state index in [0.29, 0.717) is 0 Å². The van der Waals surface area contributed by atoms with Crippen LogP contribution in [0.15, 0.2) is 54.6 Å². The van der Waals surface area contributed by atoms with E-state index in [4.69, 9.17) is 11.6 Å². The first-order valence-electron chi connectivity index (χ1n) is 6.86. The maximum Gasteiger partial charge on any atom is 0.140 e. The lowest BCUT2D eigenvalue weighted by atomic mass is 10.0. The molecule has 0 saturated carbocycles. The van der Waals surface area contributed by atoms with Gasteiger partial charge in [0.05, 0.1) is 16.1 Å². The first-order chi connectivity index (χ1) is 10.2. The minimum Gasteiger partial charge on any atom is -0.338 e. The molecule has 102 valence electrons. The van der Waals surface area contributed by atoms with Crippen LogP contribution in [0, 0.1) is 6.92 Å². The number of H-pyrrole nitrogens is 1. The van der Waals surface area contributed by atoms with Gasteiger partial charge in [-0.05, 0) is 47.5 Å². The molecule has 0 spiro atoms. The molecule has 21 heavy (non-hydrogen) atoms. The molecule has 0 aliphatic rings. The molecule has 0 saturated heterocycles. The Labute approximate surface area is 127 Å². The van der Waals surface area contributed by atoms with E-state index >= 15 is 0 Å². The molecule has 1 aromatic heterocycles. The molecular formula is C18H13ClN2. The smallest absolute Gasteiger partial charge is 0.140 e. The summed E-state index contributed by atoms with van der Waals surface area (Å²) in [6, 6.07) is 18.4. The molecule has 0 aliphatic heterocycles. The Hall–Kier alpha value is -2.32. The van der Waals surface area contributed by atoms with Gasteiger partial charge in [0.2, 0.25) is 0 Å². The van der Waals surface area contributed by atoms with Crippen molar-refractivity contribution in [3.8, 4) is 11.4 Å². The van der Waals surface area contributed by atoms with Crippen LogP contribution in [0.3, 0.4) is 0 Å². The maximum absolute atomic E-state index is 6.48. The van der Waals surface area contributed by atoms with Crippen molar-refractivity contribution in [1.29, 1.82) is 0 Å². The van der Waals surface area contributed by atoms with Crippen LogP contribution in [0.5, 0.6) is 0 Å². The van der Waals surface area contributed by atoms with Gasteiger partial charge in [-0.1, -0.05) is 41.9 Å². The number of nitrogens with zero attached hydrogens (tertiary/aromatic N) is 1. The third-order valence-corrected chi connectivity index (χ3v) is 4.14. The van der Waals surface area contributed by atoms with Gasteiger partial charge in [-0.25, -0.2) is 4.98 Å². The molecule has 0 amide bonds. The van der Waals surface area contributed by atoms with E-state index < -0.39 is 0 Å². The lowest BCUT2D eigenvalue weighted by Crippen LogP contribution is -1.85. The predicted octanol–water partition coefficient (Wildman–Crippen LogP) is 5.34. The lowest BCUT2D eigenvalue weighted by molar-refractivity contribution is 1.34. The monoisotopic (exact) mass is 292 g/mol. The molecule has 0 fully saturated rings. The van der Waals surface area contributed by atoms with Gasteiger partial charge in [0.15, 0.2) is 0 Å². The molecular weight excluding hydrogens is 280 g/mol. The lowest BCUT2D eigenvalue weighted by Gasteiger charge is -2.06. The summed E-state index contributed by atoms with van der Waals surface area (Å²) in [4.78, 5) is 7.97. The zero-order valence-electron chi connectivity index (χ0n) is 11.5. The Morgan fingerprint density at radius 2 is 1.86 bits per heavy atom. The van der Waals surface area contributed by atoms with E-state index in [9.17, 15) is 0 Å². The van der Waals surface area contributed by atoms with Gasteiger partial charge in [-0.2, -0.15) is 0 Å². The Morgan fingerprint density at radius 3 is 2.71 bits per heavy atom. The molecule has 0 unspecified atom stereocenters. The van der Waals surface area contributed by atoms with Crippen molar-refractivity contribution in [2.45, 2.75) is 6.92 Å². The molecule has 4 aromatic rings. The van der Waals surface area contributed by atoms with Crippen LogP contribution in [0.1, 0.15) is 5.56 Å². The second kappa shape index (κ2) is 4.61. The third-order valence-electron chi connectivity index (χ3n) is 3.83.